The Kier molecular flexibility index (Phi) is 5.56. The molecule has 1 atom stereocenters. The first kappa shape index (κ1) is 16.1. The minimum Gasteiger partial charge on any atom is -1.00 e. The molecule has 22 heavy (non-hydrogen) atoms. The summed E-state index contributed by atoms with van der Waals surface area (Å²) in [4.78, 5) is 0. The quantitative estimate of drug-likeness (QED) is 0.482. The maximum Gasteiger partial charge on any atom is 0.244 e. The standard InChI is InChI=1S/C19H19N2.ClH/c1-2-19(18-11-7-4-8-12-18)21-14-13-20(16-21)15-17-9-5-3-6-10-17;/h2-14,16,19H,1,15H2;1H/q+1;/p-1. The SMILES string of the molecule is C=CC(c1ccccc1)n1cc[n+](Cc2ccccc2)c1.[Cl-]. The first-order chi connectivity index (χ1) is 10.4. The van der Waals surface area contributed by atoms with E-state index in [1.165, 1.54) is 11.1 Å². The number of hydrogen-bond acceptors (Lipinski definition) is 0. The summed E-state index contributed by atoms with van der Waals surface area (Å²) < 4.78 is 4.38. The number of rotatable bonds is 5. The molecule has 3 rings (SSSR count). The van der Waals surface area contributed by atoms with Crippen molar-refractivity contribution in [2.75, 3.05) is 0 Å². The molecule has 0 saturated carbocycles. The largest absolute Gasteiger partial charge is 1.00 e. The van der Waals surface area contributed by atoms with Gasteiger partial charge < -0.3 is 12.4 Å². The molecule has 0 spiro atoms. The molecule has 0 fully saturated rings. The van der Waals surface area contributed by atoms with Crippen LogP contribution in [0.4, 0.5) is 0 Å². The van der Waals surface area contributed by atoms with E-state index in [-0.39, 0.29) is 18.4 Å². The van der Waals surface area contributed by atoms with Gasteiger partial charge in [0.1, 0.15) is 25.0 Å². The monoisotopic (exact) mass is 310 g/mol. The lowest BCUT2D eigenvalue weighted by Gasteiger charge is -2.08. The van der Waals surface area contributed by atoms with Crippen LogP contribution in [-0.4, -0.2) is 4.57 Å². The van der Waals surface area contributed by atoms with Crippen molar-refractivity contribution in [1.82, 2.24) is 4.57 Å². The molecule has 0 aliphatic rings. The third-order valence-electron chi connectivity index (χ3n) is 3.61. The maximum atomic E-state index is 3.98. The van der Waals surface area contributed by atoms with Crippen molar-refractivity contribution >= 4 is 0 Å². The van der Waals surface area contributed by atoms with Crippen LogP contribution in [0.2, 0.25) is 0 Å². The van der Waals surface area contributed by atoms with Crippen LogP contribution >= 0.6 is 0 Å². The Morgan fingerprint density at radius 3 is 2.27 bits per heavy atom. The first-order valence-electron chi connectivity index (χ1n) is 7.15. The lowest BCUT2D eigenvalue weighted by Crippen LogP contribution is -3.00. The van der Waals surface area contributed by atoms with Gasteiger partial charge in [0.15, 0.2) is 0 Å². The second-order valence-electron chi connectivity index (χ2n) is 5.11. The van der Waals surface area contributed by atoms with Crippen molar-refractivity contribution in [1.29, 1.82) is 0 Å². The third-order valence-corrected chi connectivity index (χ3v) is 3.61. The van der Waals surface area contributed by atoms with Crippen molar-refractivity contribution in [3.05, 3.63) is 103 Å². The topological polar surface area (TPSA) is 8.81 Å². The molecule has 2 nitrogen and oxygen atoms in total. The van der Waals surface area contributed by atoms with Gasteiger partial charge in [-0.25, -0.2) is 9.13 Å². The van der Waals surface area contributed by atoms with Crippen molar-refractivity contribution in [2.24, 2.45) is 0 Å². The normalized spacial score (nSPS) is 11.5. The molecule has 1 heterocycles. The molecule has 3 heteroatoms. The fourth-order valence-electron chi connectivity index (χ4n) is 2.54. The zero-order valence-electron chi connectivity index (χ0n) is 12.3. The molecule has 0 saturated heterocycles. The Bertz CT molecular complexity index is 705. The van der Waals surface area contributed by atoms with Crippen LogP contribution in [0.1, 0.15) is 17.2 Å². The van der Waals surface area contributed by atoms with Crippen molar-refractivity contribution in [3.63, 3.8) is 0 Å². The highest BCUT2D eigenvalue weighted by Gasteiger charge is 2.15. The Hall–Kier alpha value is -2.32. The van der Waals surface area contributed by atoms with E-state index in [9.17, 15) is 0 Å². The van der Waals surface area contributed by atoms with Gasteiger partial charge in [0, 0.05) is 5.56 Å². The zero-order chi connectivity index (χ0) is 14.5. The number of hydrogen-bond donors (Lipinski definition) is 0. The van der Waals surface area contributed by atoms with Crippen LogP contribution in [0, 0.1) is 0 Å². The van der Waals surface area contributed by atoms with E-state index >= 15 is 0 Å². The van der Waals surface area contributed by atoms with E-state index in [2.05, 4.69) is 83.0 Å². The molecule has 3 aromatic rings. The van der Waals surface area contributed by atoms with E-state index in [0.29, 0.717) is 0 Å². The fraction of sp³-hybridized carbons (Fsp3) is 0.105. The summed E-state index contributed by atoms with van der Waals surface area (Å²) in [7, 11) is 0. The Labute approximate surface area is 137 Å². The van der Waals surface area contributed by atoms with Crippen LogP contribution in [0.5, 0.6) is 0 Å². The number of allylic oxidation sites excluding steroid dienone is 1. The van der Waals surface area contributed by atoms with Crippen molar-refractivity contribution in [3.8, 4) is 0 Å². The summed E-state index contributed by atoms with van der Waals surface area (Å²) in [6.45, 7) is 4.86. The molecule has 0 bridgehead atoms. The summed E-state index contributed by atoms with van der Waals surface area (Å²) >= 11 is 0. The molecule has 2 aromatic carbocycles. The molecule has 0 radical (unpaired) electrons. The molecule has 112 valence electrons. The van der Waals surface area contributed by atoms with Gasteiger partial charge in [-0.3, -0.25) is 0 Å². The van der Waals surface area contributed by atoms with Crippen LogP contribution in [0.3, 0.4) is 0 Å². The Morgan fingerprint density at radius 2 is 1.64 bits per heavy atom. The lowest BCUT2D eigenvalue weighted by molar-refractivity contribution is -0.687. The van der Waals surface area contributed by atoms with Gasteiger partial charge >= 0.3 is 0 Å². The van der Waals surface area contributed by atoms with E-state index in [4.69, 9.17) is 0 Å². The van der Waals surface area contributed by atoms with Gasteiger partial charge in [0.2, 0.25) is 6.33 Å². The third kappa shape index (κ3) is 3.66. The average Bonchev–Trinajstić information content (AvgIpc) is 2.98. The summed E-state index contributed by atoms with van der Waals surface area (Å²) in [6, 6.07) is 21.1. The van der Waals surface area contributed by atoms with Crippen LogP contribution in [0.15, 0.2) is 92.0 Å². The van der Waals surface area contributed by atoms with Crippen molar-refractivity contribution in [2.45, 2.75) is 12.6 Å². The molecular formula is C19H19ClN2. The molecular weight excluding hydrogens is 292 g/mol. The lowest BCUT2D eigenvalue weighted by atomic mass is 10.1. The number of aromatic nitrogens is 2. The summed E-state index contributed by atoms with van der Waals surface area (Å²) in [5, 5.41) is 0. The minimum atomic E-state index is 0. The number of benzene rings is 2. The molecule has 1 unspecified atom stereocenters. The maximum absolute atomic E-state index is 3.98. The highest BCUT2D eigenvalue weighted by atomic mass is 35.5. The molecule has 0 aliphatic heterocycles. The Balaban J connectivity index is 0.00000176. The molecule has 0 N–H and O–H groups in total. The number of halogens is 1. The summed E-state index contributed by atoms with van der Waals surface area (Å²) in [5.74, 6) is 0. The van der Waals surface area contributed by atoms with E-state index < -0.39 is 0 Å². The predicted octanol–water partition coefficient (Wildman–Crippen LogP) is 0.603. The second kappa shape index (κ2) is 7.62. The molecule has 0 amide bonds. The van der Waals surface area contributed by atoms with Gasteiger partial charge in [-0.2, -0.15) is 0 Å². The van der Waals surface area contributed by atoms with Gasteiger partial charge in [-0.15, -0.1) is 0 Å². The zero-order valence-corrected chi connectivity index (χ0v) is 13.1. The smallest absolute Gasteiger partial charge is 0.244 e. The van der Waals surface area contributed by atoms with E-state index in [0.717, 1.165) is 6.54 Å². The predicted molar refractivity (Wildman–Crippen MR) is 84.9 cm³/mol. The van der Waals surface area contributed by atoms with E-state index in [1.54, 1.807) is 0 Å². The minimum absolute atomic E-state index is 0. The van der Waals surface area contributed by atoms with Gasteiger partial charge in [0.25, 0.3) is 0 Å². The highest BCUT2D eigenvalue weighted by molar-refractivity contribution is 5.23. The highest BCUT2D eigenvalue weighted by Crippen LogP contribution is 2.18. The summed E-state index contributed by atoms with van der Waals surface area (Å²) in [5.41, 5.74) is 2.55. The first-order valence-corrected chi connectivity index (χ1v) is 7.15. The molecule has 1 aromatic heterocycles. The van der Waals surface area contributed by atoms with Crippen LogP contribution in [0.25, 0.3) is 0 Å². The molecule has 0 aliphatic carbocycles. The average molecular weight is 311 g/mol. The van der Waals surface area contributed by atoms with Gasteiger partial charge in [-0.05, 0) is 11.6 Å². The summed E-state index contributed by atoms with van der Waals surface area (Å²) in [6.07, 6.45) is 8.31. The second-order valence-corrected chi connectivity index (χ2v) is 5.11. The fourth-order valence-corrected chi connectivity index (χ4v) is 2.54. The number of nitrogens with zero attached hydrogens (tertiary/aromatic N) is 2. The van der Waals surface area contributed by atoms with Crippen molar-refractivity contribution < 1.29 is 17.0 Å². The van der Waals surface area contributed by atoms with Crippen LogP contribution < -0.4 is 17.0 Å². The number of imidazole rings is 1. The van der Waals surface area contributed by atoms with E-state index in [1.807, 2.05) is 18.2 Å². The van der Waals surface area contributed by atoms with Gasteiger partial charge in [-0.1, -0.05) is 67.2 Å². The van der Waals surface area contributed by atoms with Crippen LogP contribution in [-0.2, 0) is 6.54 Å². The van der Waals surface area contributed by atoms with Gasteiger partial charge in [0.05, 0.1) is 0 Å². The Morgan fingerprint density at radius 1 is 1.00 bits per heavy atom.